The number of carbonyl (C=O) groups excluding carboxylic acids is 1. The Bertz CT molecular complexity index is 404. The molecule has 0 radical (unpaired) electrons. The number of nitrogens with two attached hydrogens (primary N) is 1. The quantitative estimate of drug-likeness (QED) is 0.804. The summed E-state index contributed by atoms with van der Waals surface area (Å²) in [6.07, 6.45) is 1.87. The van der Waals surface area contributed by atoms with Crippen LogP contribution in [0.25, 0.3) is 0 Å². The predicted octanol–water partition coefficient (Wildman–Crippen LogP) is 1.17. The highest BCUT2D eigenvalue weighted by Gasteiger charge is 2.22. The van der Waals surface area contributed by atoms with Crippen molar-refractivity contribution < 1.29 is 9.53 Å². The average molecular weight is 239 g/mol. The normalized spacial score (nSPS) is 13.5. The number of aryl methyl sites for hydroxylation is 2. The Kier molecular flexibility index (Phi) is 3.93. The van der Waals surface area contributed by atoms with E-state index >= 15 is 0 Å². The predicted molar refractivity (Wildman–Crippen MR) is 65.5 cm³/mol. The topological polar surface area (TPSA) is 70.1 Å². The van der Waals surface area contributed by atoms with E-state index in [0.29, 0.717) is 6.54 Å². The van der Waals surface area contributed by atoms with Gasteiger partial charge in [0.1, 0.15) is 17.5 Å². The molecule has 0 fully saturated rings. The Morgan fingerprint density at radius 3 is 2.53 bits per heavy atom. The molecule has 0 amide bonds. The average Bonchev–Trinajstić information content (AvgIpc) is 2.42. The Morgan fingerprint density at radius 2 is 2.12 bits per heavy atom. The summed E-state index contributed by atoms with van der Waals surface area (Å²) in [5.74, 6) is 0.463. The Labute approximate surface area is 102 Å². The first kappa shape index (κ1) is 13.7. The molecule has 0 saturated heterocycles. The first-order valence-electron chi connectivity index (χ1n) is 5.68. The second-order valence-electron chi connectivity index (χ2n) is 5.22. The molecule has 1 atom stereocenters. The molecule has 0 saturated carbocycles. The summed E-state index contributed by atoms with van der Waals surface area (Å²) in [7, 11) is 0. The fourth-order valence-corrected chi connectivity index (χ4v) is 1.52. The van der Waals surface area contributed by atoms with Gasteiger partial charge in [0.05, 0.1) is 5.69 Å². The van der Waals surface area contributed by atoms with Gasteiger partial charge >= 0.3 is 5.97 Å². The number of hydrogen-bond donors (Lipinski definition) is 1. The van der Waals surface area contributed by atoms with E-state index in [4.69, 9.17) is 10.5 Å². The number of aromatic nitrogens is 2. The van der Waals surface area contributed by atoms with Gasteiger partial charge in [0, 0.05) is 12.7 Å². The zero-order valence-electron chi connectivity index (χ0n) is 11.2. The van der Waals surface area contributed by atoms with Gasteiger partial charge in [-0.3, -0.25) is 4.79 Å². The van der Waals surface area contributed by atoms with E-state index in [0.717, 1.165) is 11.5 Å². The van der Waals surface area contributed by atoms with Crippen LogP contribution in [0.4, 0.5) is 0 Å². The minimum atomic E-state index is -0.665. The second kappa shape index (κ2) is 4.87. The lowest BCUT2D eigenvalue weighted by atomic mass is 10.2. The maximum atomic E-state index is 11.7. The van der Waals surface area contributed by atoms with Crippen LogP contribution in [0.1, 0.15) is 32.3 Å². The highest BCUT2D eigenvalue weighted by molar-refractivity contribution is 5.75. The molecule has 1 aromatic rings. The van der Waals surface area contributed by atoms with Crippen molar-refractivity contribution in [3.63, 3.8) is 0 Å². The summed E-state index contributed by atoms with van der Waals surface area (Å²) >= 11 is 0. The molecule has 0 bridgehead atoms. The molecule has 0 spiro atoms. The molecule has 0 aliphatic rings. The number of carbonyl (C=O) groups is 1. The third-order valence-electron chi connectivity index (χ3n) is 2.20. The van der Waals surface area contributed by atoms with Crippen molar-refractivity contribution in [2.24, 2.45) is 5.73 Å². The third kappa shape index (κ3) is 4.19. The van der Waals surface area contributed by atoms with Crippen molar-refractivity contribution in [2.75, 3.05) is 0 Å². The van der Waals surface area contributed by atoms with Gasteiger partial charge in [-0.05, 0) is 34.6 Å². The molecular weight excluding hydrogens is 218 g/mol. The van der Waals surface area contributed by atoms with Crippen molar-refractivity contribution >= 4 is 5.97 Å². The van der Waals surface area contributed by atoms with Crippen LogP contribution in [0.2, 0.25) is 0 Å². The number of hydrogen-bond acceptors (Lipinski definition) is 4. The Hall–Kier alpha value is -1.36. The number of imidazole rings is 1. The number of esters is 1. The standard InChI is InChI=1S/C12H21N3O2/c1-8-6-15(9(2)14-8)7-10(13)11(16)17-12(3,4)5/h6,10H,7,13H2,1-5H3. The minimum Gasteiger partial charge on any atom is -0.459 e. The Balaban J connectivity index is 2.63. The monoisotopic (exact) mass is 239 g/mol. The van der Waals surface area contributed by atoms with Crippen molar-refractivity contribution in [1.82, 2.24) is 9.55 Å². The molecule has 1 aromatic heterocycles. The second-order valence-corrected chi connectivity index (χ2v) is 5.22. The highest BCUT2D eigenvalue weighted by atomic mass is 16.6. The lowest BCUT2D eigenvalue weighted by molar-refractivity contribution is -0.156. The van der Waals surface area contributed by atoms with E-state index in [1.165, 1.54) is 0 Å². The SMILES string of the molecule is Cc1cn(CC(N)C(=O)OC(C)(C)C)c(C)n1. The first-order valence-corrected chi connectivity index (χ1v) is 5.68. The molecule has 5 heteroatoms. The summed E-state index contributed by atoms with van der Waals surface area (Å²) in [6, 6.07) is -0.665. The summed E-state index contributed by atoms with van der Waals surface area (Å²) in [5.41, 5.74) is 6.22. The molecule has 1 heterocycles. The van der Waals surface area contributed by atoms with Gasteiger partial charge in [0.15, 0.2) is 0 Å². The molecule has 0 aliphatic heterocycles. The Morgan fingerprint density at radius 1 is 1.53 bits per heavy atom. The van der Waals surface area contributed by atoms with Gasteiger partial charge in [0.2, 0.25) is 0 Å². The van der Waals surface area contributed by atoms with Crippen molar-refractivity contribution in [2.45, 2.75) is 52.8 Å². The molecular formula is C12H21N3O2. The van der Waals surface area contributed by atoms with Gasteiger partial charge in [-0.1, -0.05) is 0 Å². The van der Waals surface area contributed by atoms with Crippen LogP contribution in [0.15, 0.2) is 6.20 Å². The van der Waals surface area contributed by atoms with E-state index < -0.39 is 11.6 Å². The third-order valence-corrected chi connectivity index (χ3v) is 2.20. The smallest absolute Gasteiger partial charge is 0.325 e. The van der Waals surface area contributed by atoms with E-state index in [-0.39, 0.29) is 5.97 Å². The van der Waals surface area contributed by atoms with Crippen LogP contribution in [0.3, 0.4) is 0 Å². The maximum absolute atomic E-state index is 11.7. The van der Waals surface area contributed by atoms with E-state index in [1.54, 1.807) is 0 Å². The van der Waals surface area contributed by atoms with Crippen LogP contribution < -0.4 is 5.73 Å². The summed E-state index contributed by atoms with van der Waals surface area (Å²) < 4.78 is 7.09. The zero-order valence-corrected chi connectivity index (χ0v) is 11.2. The van der Waals surface area contributed by atoms with Crippen molar-refractivity contribution in [3.8, 4) is 0 Å². The van der Waals surface area contributed by atoms with Crippen LogP contribution >= 0.6 is 0 Å². The molecule has 1 rings (SSSR count). The van der Waals surface area contributed by atoms with Gasteiger partial charge in [-0.15, -0.1) is 0 Å². The highest BCUT2D eigenvalue weighted by Crippen LogP contribution is 2.09. The van der Waals surface area contributed by atoms with Crippen LogP contribution in [-0.2, 0) is 16.1 Å². The van der Waals surface area contributed by atoms with E-state index in [2.05, 4.69) is 4.98 Å². The van der Waals surface area contributed by atoms with E-state index in [9.17, 15) is 4.79 Å². The summed E-state index contributed by atoms with van der Waals surface area (Å²) in [4.78, 5) is 16.0. The molecule has 17 heavy (non-hydrogen) atoms. The van der Waals surface area contributed by atoms with Gasteiger partial charge in [-0.25, -0.2) is 4.98 Å². The largest absolute Gasteiger partial charge is 0.459 e. The van der Waals surface area contributed by atoms with Gasteiger partial charge < -0.3 is 15.0 Å². The van der Waals surface area contributed by atoms with Crippen LogP contribution in [0.5, 0.6) is 0 Å². The van der Waals surface area contributed by atoms with Crippen LogP contribution in [0, 0.1) is 13.8 Å². The molecule has 0 aliphatic carbocycles. The maximum Gasteiger partial charge on any atom is 0.325 e. The molecule has 0 aromatic carbocycles. The number of ether oxygens (including phenoxy) is 1. The van der Waals surface area contributed by atoms with Crippen molar-refractivity contribution in [1.29, 1.82) is 0 Å². The lowest BCUT2D eigenvalue weighted by Crippen LogP contribution is -2.40. The molecule has 5 nitrogen and oxygen atoms in total. The fraction of sp³-hybridized carbons (Fsp3) is 0.667. The molecule has 1 unspecified atom stereocenters. The van der Waals surface area contributed by atoms with Gasteiger partial charge in [-0.2, -0.15) is 0 Å². The van der Waals surface area contributed by atoms with Gasteiger partial charge in [0.25, 0.3) is 0 Å². The lowest BCUT2D eigenvalue weighted by Gasteiger charge is -2.22. The number of nitrogens with zero attached hydrogens (tertiary/aromatic N) is 2. The summed E-state index contributed by atoms with van der Waals surface area (Å²) in [5, 5.41) is 0. The van der Waals surface area contributed by atoms with Crippen molar-refractivity contribution in [3.05, 3.63) is 17.7 Å². The fourth-order valence-electron chi connectivity index (χ4n) is 1.52. The molecule has 2 N–H and O–H groups in total. The van der Waals surface area contributed by atoms with E-state index in [1.807, 2.05) is 45.4 Å². The number of rotatable bonds is 3. The summed E-state index contributed by atoms with van der Waals surface area (Å²) in [6.45, 7) is 9.65. The molecule has 96 valence electrons. The zero-order chi connectivity index (χ0) is 13.2. The first-order chi connectivity index (χ1) is 7.69. The minimum absolute atomic E-state index is 0.386. The van der Waals surface area contributed by atoms with Crippen LogP contribution in [-0.4, -0.2) is 27.2 Å².